The average Bonchev–Trinajstić information content (AvgIpc) is 2.21. The molecule has 0 aliphatic heterocycles. The quantitative estimate of drug-likeness (QED) is 0.400. The van der Waals surface area contributed by atoms with E-state index in [9.17, 15) is 20.0 Å². The predicted molar refractivity (Wildman–Crippen MR) is 54.4 cm³/mol. The van der Waals surface area contributed by atoms with E-state index < -0.39 is 28.0 Å². The highest BCUT2D eigenvalue weighted by molar-refractivity contribution is 5.98. The van der Waals surface area contributed by atoms with Crippen LogP contribution in [0.5, 0.6) is 11.5 Å². The summed E-state index contributed by atoms with van der Waals surface area (Å²) < 4.78 is 0. The van der Waals surface area contributed by atoms with Gasteiger partial charge >= 0.3 is 0 Å². The van der Waals surface area contributed by atoms with Gasteiger partial charge in [0.25, 0.3) is 11.6 Å². The van der Waals surface area contributed by atoms with Crippen LogP contribution in [0.4, 0.5) is 5.69 Å². The Balaban J connectivity index is 3.30. The summed E-state index contributed by atoms with van der Waals surface area (Å²) in [5, 5.41) is 31.3. The number of aromatic hydroxyl groups is 2. The first-order chi connectivity index (χ1) is 7.47. The Kier molecular flexibility index (Phi) is 3.29. The SMILES string of the molecule is CCNC(=O)c1cc(O)c(O)cc1[N+](=O)[O-]. The topological polar surface area (TPSA) is 113 Å². The van der Waals surface area contributed by atoms with Gasteiger partial charge in [-0.1, -0.05) is 0 Å². The zero-order valence-electron chi connectivity index (χ0n) is 8.43. The van der Waals surface area contributed by atoms with E-state index >= 15 is 0 Å². The van der Waals surface area contributed by atoms with Crippen molar-refractivity contribution >= 4 is 11.6 Å². The molecule has 1 amide bonds. The molecule has 86 valence electrons. The number of nitro benzene ring substituents is 1. The van der Waals surface area contributed by atoms with E-state index in [-0.39, 0.29) is 5.56 Å². The third-order valence-electron chi connectivity index (χ3n) is 1.87. The number of nitrogens with zero attached hydrogens (tertiary/aromatic N) is 1. The van der Waals surface area contributed by atoms with Gasteiger partial charge < -0.3 is 15.5 Å². The predicted octanol–water partition coefficient (Wildman–Crippen LogP) is 0.756. The lowest BCUT2D eigenvalue weighted by atomic mass is 10.1. The Hall–Kier alpha value is -2.31. The molecule has 0 heterocycles. The maximum absolute atomic E-state index is 11.4. The van der Waals surface area contributed by atoms with Crippen LogP contribution in [0.1, 0.15) is 17.3 Å². The summed E-state index contributed by atoms with van der Waals surface area (Å²) in [6.45, 7) is 1.96. The standard InChI is InChI=1S/C9H10N2O5/c1-2-10-9(14)5-3-7(12)8(13)4-6(5)11(15)16/h3-4,12-13H,2H2,1H3,(H,10,14). The highest BCUT2D eigenvalue weighted by atomic mass is 16.6. The minimum Gasteiger partial charge on any atom is -0.504 e. The summed E-state index contributed by atoms with van der Waals surface area (Å²) in [7, 11) is 0. The summed E-state index contributed by atoms with van der Waals surface area (Å²) >= 11 is 0. The van der Waals surface area contributed by atoms with E-state index in [1.807, 2.05) is 0 Å². The molecule has 0 saturated carbocycles. The molecule has 0 spiro atoms. The molecule has 0 aromatic heterocycles. The second-order valence-corrected chi connectivity index (χ2v) is 2.97. The van der Waals surface area contributed by atoms with Gasteiger partial charge in [-0.2, -0.15) is 0 Å². The van der Waals surface area contributed by atoms with Crippen molar-refractivity contribution in [2.75, 3.05) is 6.54 Å². The molecule has 0 aliphatic rings. The van der Waals surface area contributed by atoms with E-state index in [2.05, 4.69) is 5.32 Å². The number of carbonyl (C=O) groups excluding carboxylic acids is 1. The zero-order chi connectivity index (χ0) is 12.3. The Morgan fingerprint density at radius 3 is 2.50 bits per heavy atom. The Labute approximate surface area is 90.5 Å². The molecule has 7 heteroatoms. The van der Waals surface area contributed by atoms with Gasteiger partial charge in [-0.05, 0) is 6.92 Å². The number of hydrogen-bond donors (Lipinski definition) is 3. The molecule has 0 bridgehead atoms. The minimum absolute atomic E-state index is 0.290. The summed E-state index contributed by atoms with van der Waals surface area (Å²) in [6, 6.07) is 1.60. The number of nitrogens with one attached hydrogen (secondary N) is 1. The number of amides is 1. The Morgan fingerprint density at radius 2 is 2.00 bits per heavy atom. The van der Waals surface area contributed by atoms with E-state index in [0.717, 1.165) is 12.1 Å². The third kappa shape index (κ3) is 2.19. The number of carbonyl (C=O) groups is 1. The van der Waals surface area contributed by atoms with E-state index in [1.165, 1.54) is 0 Å². The first-order valence-electron chi connectivity index (χ1n) is 4.46. The van der Waals surface area contributed by atoms with Gasteiger partial charge in [-0.3, -0.25) is 14.9 Å². The molecule has 0 aliphatic carbocycles. The highest BCUT2D eigenvalue weighted by Gasteiger charge is 2.22. The molecule has 0 fully saturated rings. The lowest BCUT2D eigenvalue weighted by Crippen LogP contribution is -2.23. The summed E-state index contributed by atoms with van der Waals surface area (Å²) in [6.07, 6.45) is 0. The number of nitro groups is 1. The van der Waals surface area contributed by atoms with Crippen LogP contribution in [0.25, 0.3) is 0 Å². The van der Waals surface area contributed by atoms with Crippen LogP contribution in [-0.4, -0.2) is 27.6 Å². The molecular weight excluding hydrogens is 216 g/mol. The number of hydrogen-bond acceptors (Lipinski definition) is 5. The lowest BCUT2D eigenvalue weighted by Gasteiger charge is -2.05. The van der Waals surface area contributed by atoms with E-state index in [4.69, 9.17) is 5.11 Å². The van der Waals surface area contributed by atoms with Gasteiger partial charge in [0.1, 0.15) is 5.56 Å². The number of phenols is 2. The minimum atomic E-state index is -0.802. The van der Waals surface area contributed by atoms with E-state index in [0.29, 0.717) is 6.54 Å². The zero-order valence-corrected chi connectivity index (χ0v) is 8.43. The fourth-order valence-corrected chi connectivity index (χ4v) is 1.15. The van der Waals surface area contributed by atoms with Crippen molar-refractivity contribution < 1.29 is 19.9 Å². The number of phenolic OH excluding ortho intramolecular Hbond substituents is 2. The van der Waals surface area contributed by atoms with Crippen molar-refractivity contribution in [1.82, 2.24) is 5.32 Å². The molecule has 1 rings (SSSR count). The lowest BCUT2D eigenvalue weighted by molar-refractivity contribution is -0.385. The molecule has 7 nitrogen and oxygen atoms in total. The van der Waals surface area contributed by atoms with Crippen LogP contribution < -0.4 is 5.32 Å². The first-order valence-corrected chi connectivity index (χ1v) is 4.46. The van der Waals surface area contributed by atoms with Crippen molar-refractivity contribution in [1.29, 1.82) is 0 Å². The van der Waals surface area contributed by atoms with Crippen LogP contribution in [0.3, 0.4) is 0 Å². The van der Waals surface area contributed by atoms with Crippen LogP contribution in [0.15, 0.2) is 12.1 Å². The molecular formula is C9H10N2O5. The summed E-state index contributed by atoms with van der Waals surface area (Å²) in [5.41, 5.74) is -0.844. The van der Waals surface area contributed by atoms with Crippen molar-refractivity contribution in [2.24, 2.45) is 0 Å². The molecule has 0 saturated heterocycles. The van der Waals surface area contributed by atoms with Crippen LogP contribution in [-0.2, 0) is 0 Å². The van der Waals surface area contributed by atoms with Crippen molar-refractivity contribution in [3.8, 4) is 11.5 Å². The molecule has 1 aromatic rings. The largest absolute Gasteiger partial charge is 0.504 e. The number of rotatable bonds is 3. The molecule has 0 atom stereocenters. The molecule has 16 heavy (non-hydrogen) atoms. The average molecular weight is 226 g/mol. The van der Waals surface area contributed by atoms with Gasteiger partial charge in [0, 0.05) is 12.6 Å². The highest BCUT2D eigenvalue weighted by Crippen LogP contribution is 2.32. The van der Waals surface area contributed by atoms with E-state index in [1.54, 1.807) is 6.92 Å². The summed E-state index contributed by atoms with van der Waals surface area (Å²) in [5.74, 6) is -1.89. The summed E-state index contributed by atoms with van der Waals surface area (Å²) in [4.78, 5) is 21.3. The van der Waals surface area contributed by atoms with Crippen LogP contribution in [0.2, 0.25) is 0 Å². The monoisotopic (exact) mass is 226 g/mol. The fraction of sp³-hybridized carbons (Fsp3) is 0.222. The molecule has 3 N–H and O–H groups in total. The van der Waals surface area contributed by atoms with Crippen molar-refractivity contribution in [3.05, 3.63) is 27.8 Å². The van der Waals surface area contributed by atoms with Crippen LogP contribution in [0, 0.1) is 10.1 Å². The Morgan fingerprint density at radius 1 is 1.44 bits per heavy atom. The van der Waals surface area contributed by atoms with Gasteiger partial charge in [0.2, 0.25) is 0 Å². The van der Waals surface area contributed by atoms with Crippen molar-refractivity contribution in [3.63, 3.8) is 0 Å². The molecule has 0 radical (unpaired) electrons. The Bertz CT molecular complexity index is 444. The van der Waals surface area contributed by atoms with Gasteiger partial charge in [-0.25, -0.2) is 0 Å². The van der Waals surface area contributed by atoms with Gasteiger partial charge in [-0.15, -0.1) is 0 Å². The fourth-order valence-electron chi connectivity index (χ4n) is 1.15. The van der Waals surface area contributed by atoms with Crippen LogP contribution >= 0.6 is 0 Å². The third-order valence-corrected chi connectivity index (χ3v) is 1.87. The number of benzene rings is 1. The smallest absolute Gasteiger partial charge is 0.286 e. The second kappa shape index (κ2) is 4.47. The van der Waals surface area contributed by atoms with Crippen molar-refractivity contribution in [2.45, 2.75) is 6.92 Å². The first kappa shape index (κ1) is 11.8. The normalized spacial score (nSPS) is 9.81. The molecule has 1 aromatic carbocycles. The molecule has 0 unspecified atom stereocenters. The second-order valence-electron chi connectivity index (χ2n) is 2.97. The van der Waals surface area contributed by atoms with Gasteiger partial charge in [0.05, 0.1) is 11.0 Å². The maximum Gasteiger partial charge on any atom is 0.286 e. The maximum atomic E-state index is 11.4. The van der Waals surface area contributed by atoms with Gasteiger partial charge in [0.15, 0.2) is 11.5 Å².